The van der Waals surface area contributed by atoms with E-state index in [4.69, 9.17) is 9.47 Å². The van der Waals surface area contributed by atoms with Gasteiger partial charge in [-0.15, -0.1) is 0 Å². The van der Waals surface area contributed by atoms with Gasteiger partial charge < -0.3 is 9.47 Å². The van der Waals surface area contributed by atoms with Crippen LogP contribution >= 0.6 is 0 Å². The largest absolute Gasteiger partial charge is 0.331 e. The van der Waals surface area contributed by atoms with Gasteiger partial charge in [-0.3, -0.25) is 5.21 Å². The van der Waals surface area contributed by atoms with Crippen LogP contribution in [0.2, 0.25) is 0 Å². The molecule has 0 atom stereocenters. The zero-order valence-electron chi connectivity index (χ0n) is 6.52. The summed E-state index contributed by atoms with van der Waals surface area (Å²) >= 11 is 0. The van der Waals surface area contributed by atoms with Crippen molar-refractivity contribution >= 4 is 0 Å². The molecule has 0 aromatic rings. The Morgan fingerprint density at radius 2 is 1.91 bits per heavy atom. The van der Waals surface area contributed by atoms with Crippen molar-refractivity contribution in [1.82, 2.24) is 5.06 Å². The van der Waals surface area contributed by atoms with Crippen molar-refractivity contribution in [2.45, 2.75) is 5.91 Å². The zero-order valence-corrected chi connectivity index (χ0v) is 6.52. The summed E-state index contributed by atoms with van der Waals surface area (Å²) in [5, 5.41) is 10.1. The molecule has 1 N–H and O–H groups in total. The van der Waals surface area contributed by atoms with Crippen LogP contribution < -0.4 is 0 Å². The smallest absolute Gasteiger partial charge is 0.294 e. The highest BCUT2D eigenvalue weighted by Gasteiger charge is 2.33. The fourth-order valence-corrected chi connectivity index (χ4v) is 0.895. The SMILES string of the molecule is COC1(OC)C=CC=CN1O. The van der Waals surface area contributed by atoms with Crippen molar-refractivity contribution in [1.29, 1.82) is 0 Å². The molecule has 1 aliphatic rings. The van der Waals surface area contributed by atoms with Crippen molar-refractivity contribution in [3.63, 3.8) is 0 Å². The molecule has 0 unspecified atom stereocenters. The number of hydroxylamine groups is 2. The van der Waals surface area contributed by atoms with Gasteiger partial charge in [0.2, 0.25) is 0 Å². The highest BCUT2D eigenvalue weighted by Crippen LogP contribution is 2.20. The van der Waals surface area contributed by atoms with E-state index in [9.17, 15) is 5.21 Å². The normalized spacial score (nSPS) is 20.8. The maximum Gasteiger partial charge on any atom is 0.294 e. The van der Waals surface area contributed by atoms with Gasteiger partial charge in [0.15, 0.2) is 0 Å². The number of hydrogen-bond donors (Lipinski definition) is 1. The average Bonchev–Trinajstić information content (AvgIpc) is 2.06. The third kappa shape index (κ3) is 1.28. The second-order valence-corrected chi connectivity index (χ2v) is 2.08. The number of nitrogens with zero attached hydrogens (tertiary/aromatic N) is 1. The molecule has 0 spiro atoms. The number of allylic oxidation sites excluding steroid dienone is 2. The first-order valence-electron chi connectivity index (χ1n) is 3.20. The molecule has 1 rings (SSSR count). The first kappa shape index (κ1) is 8.26. The molecule has 0 amide bonds. The van der Waals surface area contributed by atoms with Crippen molar-refractivity contribution < 1.29 is 14.7 Å². The van der Waals surface area contributed by atoms with Gasteiger partial charge in [0, 0.05) is 20.4 Å². The first-order valence-corrected chi connectivity index (χ1v) is 3.20. The Hall–Kier alpha value is -0.840. The minimum atomic E-state index is -1.16. The minimum absolute atomic E-state index is 0.854. The second kappa shape index (κ2) is 3.04. The lowest BCUT2D eigenvalue weighted by molar-refractivity contribution is -0.333. The second-order valence-electron chi connectivity index (χ2n) is 2.08. The zero-order chi connectivity index (χ0) is 8.32. The van der Waals surface area contributed by atoms with Gasteiger partial charge in [0.05, 0.1) is 0 Å². The highest BCUT2D eigenvalue weighted by atomic mass is 16.8. The summed E-state index contributed by atoms with van der Waals surface area (Å²) in [6.07, 6.45) is 6.47. The summed E-state index contributed by atoms with van der Waals surface area (Å²) in [6.45, 7) is 0. The molecule has 0 fully saturated rings. The Balaban J connectivity index is 2.82. The Morgan fingerprint density at radius 3 is 2.27 bits per heavy atom. The van der Waals surface area contributed by atoms with E-state index in [-0.39, 0.29) is 0 Å². The molecule has 4 nitrogen and oxygen atoms in total. The molecule has 0 bridgehead atoms. The lowest BCUT2D eigenvalue weighted by Crippen LogP contribution is -2.46. The molecular formula is C7H11NO3. The van der Waals surface area contributed by atoms with E-state index >= 15 is 0 Å². The molecule has 0 aliphatic carbocycles. The van der Waals surface area contributed by atoms with Gasteiger partial charge in [-0.1, -0.05) is 6.08 Å². The maximum absolute atomic E-state index is 9.26. The van der Waals surface area contributed by atoms with E-state index in [1.165, 1.54) is 20.4 Å². The van der Waals surface area contributed by atoms with Crippen molar-refractivity contribution in [2.75, 3.05) is 14.2 Å². The molecule has 0 aromatic heterocycles. The van der Waals surface area contributed by atoms with Crippen LogP contribution in [0.25, 0.3) is 0 Å². The predicted molar refractivity (Wildman–Crippen MR) is 38.7 cm³/mol. The molecule has 0 radical (unpaired) electrons. The standard InChI is InChI=1S/C7H11NO3/c1-10-7(11-2)5-3-4-6-8(7)9/h3-6,9H,1-2H3. The molecule has 0 saturated heterocycles. The number of methoxy groups -OCH3 is 2. The maximum atomic E-state index is 9.26. The van der Waals surface area contributed by atoms with E-state index < -0.39 is 5.91 Å². The van der Waals surface area contributed by atoms with Gasteiger partial charge in [0.25, 0.3) is 5.91 Å². The molecule has 11 heavy (non-hydrogen) atoms. The van der Waals surface area contributed by atoms with Gasteiger partial charge in [-0.05, 0) is 12.2 Å². The Bertz CT molecular complexity index is 184. The van der Waals surface area contributed by atoms with Crippen LogP contribution in [0.15, 0.2) is 24.4 Å². The van der Waals surface area contributed by atoms with Crippen LogP contribution in [0.1, 0.15) is 0 Å². The number of rotatable bonds is 2. The van der Waals surface area contributed by atoms with E-state index in [2.05, 4.69) is 0 Å². The summed E-state index contributed by atoms with van der Waals surface area (Å²) in [6, 6.07) is 0. The fourth-order valence-electron chi connectivity index (χ4n) is 0.895. The van der Waals surface area contributed by atoms with E-state index in [0.717, 1.165) is 5.06 Å². The summed E-state index contributed by atoms with van der Waals surface area (Å²) in [7, 11) is 2.91. The third-order valence-corrected chi connectivity index (χ3v) is 1.55. The van der Waals surface area contributed by atoms with Crippen LogP contribution in [-0.2, 0) is 9.47 Å². The highest BCUT2D eigenvalue weighted by molar-refractivity contribution is 5.12. The summed E-state index contributed by atoms with van der Waals surface area (Å²) in [4.78, 5) is 0. The molecule has 0 aromatic carbocycles. The van der Waals surface area contributed by atoms with Gasteiger partial charge in [0.1, 0.15) is 0 Å². The Kier molecular flexibility index (Phi) is 2.28. The number of ether oxygens (including phenoxy) is 2. The van der Waals surface area contributed by atoms with Crippen LogP contribution in [-0.4, -0.2) is 30.4 Å². The van der Waals surface area contributed by atoms with E-state index in [0.29, 0.717) is 0 Å². The first-order chi connectivity index (χ1) is 5.25. The average molecular weight is 157 g/mol. The lowest BCUT2D eigenvalue weighted by atomic mass is 10.3. The van der Waals surface area contributed by atoms with Crippen LogP contribution in [0.3, 0.4) is 0 Å². The van der Waals surface area contributed by atoms with Gasteiger partial charge >= 0.3 is 0 Å². The molecule has 1 heterocycles. The van der Waals surface area contributed by atoms with Crippen molar-refractivity contribution in [2.24, 2.45) is 0 Å². The van der Waals surface area contributed by atoms with Crippen LogP contribution in [0.5, 0.6) is 0 Å². The lowest BCUT2D eigenvalue weighted by Gasteiger charge is -2.34. The summed E-state index contributed by atoms with van der Waals surface area (Å²) in [5.74, 6) is -1.16. The van der Waals surface area contributed by atoms with Gasteiger partial charge in [-0.25, -0.2) is 5.06 Å². The predicted octanol–water partition coefficient (Wildman–Crippen LogP) is 0.708. The molecule has 62 valence electrons. The quantitative estimate of drug-likeness (QED) is 0.599. The van der Waals surface area contributed by atoms with Gasteiger partial charge in [-0.2, -0.15) is 0 Å². The van der Waals surface area contributed by atoms with Crippen molar-refractivity contribution in [3.05, 3.63) is 24.4 Å². The van der Waals surface area contributed by atoms with E-state index in [1.54, 1.807) is 18.2 Å². The van der Waals surface area contributed by atoms with Crippen LogP contribution in [0, 0.1) is 0 Å². The molecule has 4 heteroatoms. The summed E-state index contributed by atoms with van der Waals surface area (Å²) in [5.41, 5.74) is 0. The van der Waals surface area contributed by atoms with E-state index in [1.807, 2.05) is 0 Å². The minimum Gasteiger partial charge on any atom is -0.331 e. The number of hydrogen-bond acceptors (Lipinski definition) is 4. The fraction of sp³-hybridized carbons (Fsp3) is 0.429. The molecule has 0 saturated carbocycles. The van der Waals surface area contributed by atoms with Crippen LogP contribution in [0.4, 0.5) is 0 Å². The Labute approximate surface area is 65.3 Å². The van der Waals surface area contributed by atoms with Crippen molar-refractivity contribution in [3.8, 4) is 0 Å². The molecule has 1 aliphatic heterocycles. The summed E-state index contributed by atoms with van der Waals surface area (Å²) < 4.78 is 9.91. The molecular weight excluding hydrogens is 146 g/mol. The topological polar surface area (TPSA) is 41.9 Å². The monoisotopic (exact) mass is 157 g/mol. The Morgan fingerprint density at radius 1 is 1.27 bits per heavy atom. The third-order valence-electron chi connectivity index (χ3n) is 1.55.